The van der Waals surface area contributed by atoms with Crippen molar-refractivity contribution < 1.29 is 24.1 Å². The van der Waals surface area contributed by atoms with Gasteiger partial charge in [-0.3, -0.25) is 4.79 Å². The van der Waals surface area contributed by atoms with Crippen molar-refractivity contribution in [2.45, 2.75) is 6.04 Å². The Morgan fingerprint density at radius 1 is 1.03 bits per heavy atom. The summed E-state index contributed by atoms with van der Waals surface area (Å²) < 4.78 is 10.7. The van der Waals surface area contributed by atoms with E-state index < -0.39 is 0 Å². The topological polar surface area (TPSA) is 59.7 Å². The van der Waals surface area contributed by atoms with Gasteiger partial charge in [-0.2, -0.15) is 0 Å². The van der Waals surface area contributed by atoms with Crippen LogP contribution in [0.25, 0.3) is 0 Å². The van der Waals surface area contributed by atoms with Crippen LogP contribution in [0.3, 0.4) is 0 Å². The van der Waals surface area contributed by atoms with E-state index in [1.54, 1.807) is 37.3 Å². The summed E-state index contributed by atoms with van der Waals surface area (Å²) in [5, 5.41) is 3.16. The predicted molar refractivity (Wildman–Crippen MR) is 123 cm³/mol. The van der Waals surface area contributed by atoms with Crippen LogP contribution in [0, 0.1) is 0 Å². The smallest absolute Gasteiger partial charge is 0.255 e. The lowest BCUT2D eigenvalue weighted by Gasteiger charge is -2.33. The van der Waals surface area contributed by atoms with Crippen LogP contribution in [0.2, 0.25) is 0 Å². The molecule has 3 rings (SSSR count). The molecule has 0 radical (unpaired) electrons. The molecule has 168 valence electrons. The standard InChI is InChI=1S/C24H34N4O3/c1-26(2)19-8-6-18(7-9-19)22(28-14-12-27(3)13-15-28)17-25-24(29)21-11-10-20(30-4)16-23(21)31-5/h6-11,16,22H,12-15,17H2,1-5H3,(H,25,29)/p+2/t22-/m0/s1. The Kier molecular flexibility index (Phi) is 7.76. The maximum absolute atomic E-state index is 13.0. The Morgan fingerprint density at radius 2 is 1.71 bits per heavy atom. The van der Waals surface area contributed by atoms with Gasteiger partial charge in [0.05, 0.1) is 33.4 Å². The van der Waals surface area contributed by atoms with Gasteiger partial charge in [0.1, 0.15) is 43.7 Å². The maximum Gasteiger partial charge on any atom is 0.255 e. The molecule has 0 unspecified atom stereocenters. The first-order valence-electron chi connectivity index (χ1n) is 10.9. The molecule has 1 saturated heterocycles. The number of nitrogens with one attached hydrogen (secondary N) is 3. The van der Waals surface area contributed by atoms with Gasteiger partial charge in [0.15, 0.2) is 0 Å². The summed E-state index contributed by atoms with van der Waals surface area (Å²) >= 11 is 0. The molecule has 1 atom stereocenters. The number of likely N-dealkylation sites (N-methyl/N-ethyl adjacent to an activating group) is 1. The highest BCUT2D eigenvalue weighted by atomic mass is 16.5. The number of hydrogen-bond acceptors (Lipinski definition) is 4. The summed E-state index contributed by atoms with van der Waals surface area (Å²) in [6.45, 7) is 5.04. The number of piperazine rings is 1. The molecule has 1 aliphatic rings. The molecular formula is C24H36N4O3+2. The lowest BCUT2D eigenvalue weighted by atomic mass is 10.0. The average molecular weight is 429 g/mol. The molecule has 2 aromatic carbocycles. The fourth-order valence-electron chi connectivity index (χ4n) is 4.13. The van der Waals surface area contributed by atoms with Gasteiger partial charge in [-0.1, -0.05) is 12.1 Å². The van der Waals surface area contributed by atoms with Crippen LogP contribution >= 0.6 is 0 Å². The van der Waals surface area contributed by atoms with Crippen LogP contribution in [-0.2, 0) is 0 Å². The van der Waals surface area contributed by atoms with Gasteiger partial charge in [-0.05, 0) is 24.3 Å². The average Bonchev–Trinajstić information content (AvgIpc) is 2.80. The fraction of sp³-hybridized carbons (Fsp3) is 0.458. The Hall–Kier alpha value is -2.77. The van der Waals surface area contributed by atoms with Crippen molar-refractivity contribution in [3.05, 3.63) is 53.6 Å². The lowest BCUT2D eigenvalue weighted by molar-refractivity contribution is -1.02. The van der Waals surface area contributed by atoms with Crippen molar-refractivity contribution in [3.63, 3.8) is 0 Å². The Bertz CT molecular complexity index is 862. The van der Waals surface area contributed by atoms with Crippen molar-refractivity contribution in [2.75, 3.05) is 73.0 Å². The van der Waals surface area contributed by atoms with Gasteiger partial charge in [-0.25, -0.2) is 0 Å². The van der Waals surface area contributed by atoms with Crippen LogP contribution in [0.4, 0.5) is 5.69 Å². The second-order valence-corrected chi connectivity index (χ2v) is 8.43. The molecule has 2 aromatic rings. The second-order valence-electron chi connectivity index (χ2n) is 8.43. The van der Waals surface area contributed by atoms with Crippen LogP contribution in [0.1, 0.15) is 22.0 Å². The maximum atomic E-state index is 13.0. The predicted octanol–water partition coefficient (Wildman–Crippen LogP) is -0.346. The Labute approximate surface area is 185 Å². The van der Waals surface area contributed by atoms with E-state index in [0.29, 0.717) is 23.6 Å². The third-order valence-electron chi connectivity index (χ3n) is 6.17. The third-order valence-corrected chi connectivity index (χ3v) is 6.17. The zero-order chi connectivity index (χ0) is 22.4. The van der Waals surface area contributed by atoms with Gasteiger partial charge in [0.2, 0.25) is 0 Å². The minimum absolute atomic E-state index is 0.131. The number of amides is 1. The van der Waals surface area contributed by atoms with Gasteiger partial charge in [0.25, 0.3) is 5.91 Å². The van der Waals surface area contributed by atoms with E-state index in [9.17, 15) is 4.79 Å². The molecule has 7 nitrogen and oxygen atoms in total. The van der Waals surface area contributed by atoms with E-state index in [-0.39, 0.29) is 11.9 Å². The number of anilines is 1. The molecular weight excluding hydrogens is 392 g/mol. The number of carbonyl (C=O) groups is 1. The molecule has 31 heavy (non-hydrogen) atoms. The van der Waals surface area contributed by atoms with Crippen LogP contribution < -0.4 is 29.5 Å². The van der Waals surface area contributed by atoms with Gasteiger partial charge >= 0.3 is 0 Å². The highest BCUT2D eigenvalue weighted by molar-refractivity contribution is 5.97. The molecule has 0 saturated carbocycles. The molecule has 3 N–H and O–H groups in total. The zero-order valence-electron chi connectivity index (χ0n) is 19.3. The number of carbonyl (C=O) groups excluding carboxylic acids is 1. The summed E-state index contributed by atoms with van der Waals surface area (Å²) in [5.41, 5.74) is 2.94. The monoisotopic (exact) mass is 428 g/mol. The first-order chi connectivity index (χ1) is 14.9. The minimum Gasteiger partial charge on any atom is -0.497 e. The number of ether oxygens (including phenoxy) is 2. The van der Waals surface area contributed by atoms with Crippen LogP contribution in [-0.4, -0.2) is 74.0 Å². The van der Waals surface area contributed by atoms with Crippen molar-refractivity contribution in [1.29, 1.82) is 0 Å². The molecule has 0 aliphatic carbocycles. The van der Waals surface area contributed by atoms with Crippen molar-refractivity contribution in [2.24, 2.45) is 0 Å². The molecule has 1 fully saturated rings. The number of benzene rings is 2. The Balaban J connectivity index is 1.77. The van der Waals surface area contributed by atoms with E-state index in [2.05, 4.69) is 41.5 Å². The van der Waals surface area contributed by atoms with E-state index in [1.807, 2.05) is 14.1 Å². The SMILES string of the molecule is COc1ccc(C(=O)NC[C@@H](c2ccc(N(C)C)cc2)[NH+]2CC[NH+](C)CC2)c(OC)c1. The largest absolute Gasteiger partial charge is 0.497 e. The van der Waals surface area contributed by atoms with E-state index >= 15 is 0 Å². The summed E-state index contributed by atoms with van der Waals surface area (Å²) in [6.07, 6.45) is 0. The Morgan fingerprint density at radius 3 is 2.29 bits per heavy atom. The third kappa shape index (κ3) is 5.68. The van der Waals surface area contributed by atoms with E-state index in [4.69, 9.17) is 9.47 Å². The molecule has 0 aromatic heterocycles. The zero-order valence-corrected chi connectivity index (χ0v) is 19.3. The molecule has 1 heterocycles. The molecule has 1 amide bonds. The second kappa shape index (κ2) is 10.5. The number of methoxy groups -OCH3 is 2. The van der Waals surface area contributed by atoms with Crippen LogP contribution in [0.15, 0.2) is 42.5 Å². The molecule has 0 bridgehead atoms. The lowest BCUT2D eigenvalue weighted by Crippen LogP contribution is -3.27. The van der Waals surface area contributed by atoms with Gasteiger partial charge in [-0.15, -0.1) is 0 Å². The van der Waals surface area contributed by atoms with Crippen LogP contribution in [0.5, 0.6) is 11.5 Å². The van der Waals surface area contributed by atoms with Crippen molar-refractivity contribution in [3.8, 4) is 11.5 Å². The summed E-state index contributed by atoms with van der Waals surface area (Å²) in [6, 6.07) is 14.2. The quantitative estimate of drug-likeness (QED) is 0.538. The van der Waals surface area contributed by atoms with Crippen molar-refractivity contribution in [1.82, 2.24) is 5.32 Å². The fourth-order valence-corrected chi connectivity index (χ4v) is 4.13. The van der Waals surface area contributed by atoms with Crippen molar-refractivity contribution >= 4 is 11.6 Å². The van der Waals surface area contributed by atoms with Gasteiger partial charge < -0.3 is 29.5 Å². The van der Waals surface area contributed by atoms with E-state index in [1.165, 1.54) is 16.2 Å². The molecule has 1 aliphatic heterocycles. The summed E-state index contributed by atoms with van der Waals surface area (Å²) in [5.74, 6) is 1.05. The number of nitrogens with zero attached hydrogens (tertiary/aromatic N) is 1. The first kappa shape index (κ1) is 22.9. The molecule has 0 spiro atoms. The number of quaternary nitrogens is 2. The van der Waals surface area contributed by atoms with Gasteiger partial charge in [0, 0.05) is 31.4 Å². The van der Waals surface area contributed by atoms with E-state index in [0.717, 1.165) is 26.2 Å². The highest BCUT2D eigenvalue weighted by Gasteiger charge is 2.30. The summed E-state index contributed by atoms with van der Waals surface area (Å²) in [4.78, 5) is 18.2. The highest BCUT2D eigenvalue weighted by Crippen LogP contribution is 2.24. The number of hydrogen-bond donors (Lipinski definition) is 3. The molecule has 7 heteroatoms. The first-order valence-corrected chi connectivity index (χ1v) is 10.9. The minimum atomic E-state index is -0.131. The number of rotatable bonds is 8. The summed E-state index contributed by atoms with van der Waals surface area (Å²) in [7, 11) is 9.50. The normalized spacial score (nSPS) is 19.4.